The fourth-order valence-electron chi connectivity index (χ4n) is 1.11. The molecule has 0 N–H and O–H groups in total. The van der Waals surface area contributed by atoms with Gasteiger partial charge in [0.15, 0.2) is 0 Å². The van der Waals surface area contributed by atoms with Gasteiger partial charge in [-0.2, -0.15) is 0 Å². The summed E-state index contributed by atoms with van der Waals surface area (Å²) in [5, 5.41) is 0. The average molecular weight is 198 g/mol. The van der Waals surface area contributed by atoms with Crippen LogP contribution < -0.4 is 0 Å². The molecule has 0 heterocycles. The normalized spacial score (nSPS) is 13.5. The molecule has 0 aliphatic heterocycles. The second-order valence-electron chi connectivity index (χ2n) is 4.01. The van der Waals surface area contributed by atoms with Crippen LogP contribution in [-0.4, -0.2) is 12.1 Å². The van der Waals surface area contributed by atoms with Crippen LogP contribution in [0.5, 0.6) is 0 Å². The first-order chi connectivity index (χ1) is 6.56. The predicted octanol–water partition coefficient (Wildman–Crippen LogP) is 3.32. The van der Waals surface area contributed by atoms with E-state index in [1.165, 1.54) is 0 Å². The molecule has 0 saturated carbocycles. The minimum absolute atomic E-state index is 0.00375. The minimum Gasteiger partial charge on any atom is -0.462 e. The second-order valence-corrected chi connectivity index (χ2v) is 4.01. The van der Waals surface area contributed by atoms with Crippen LogP contribution >= 0.6 is 0 Å². The van der Waals surface area contributed by atoms with E-state index in [-0.39, 0.29) is 12.1 Å². The number of hydrogen-bond donors (Lipinski definition) is 0. The molecule has 0 aliphatic rings. The monoisotopic (exact) mass is 198 g/mol. The molecule has 0 fully saturated rings. The molecule has 0 saturated heterocycles. The summed E-state index contributed by atoms with van der Waals surface area (Å²) < 4.78 is 5.22. The topological polar surface area (TPSA) is 26.3 Å². The van der Waals surface area contributed by atoms with E-state index in [9.17, 15) is 4.79 Å². The molecular weight excluding hydrogens is 176 g/mol. The molecule has 1 atom stereocenters. The zero-order valence-electron chi connectivity index (χ0n) is 9.75. The molecule has 0 aromatic heterocycles. The lowest BCUT2D eigenvalue weighted by molar-refractivity contribution is -0.148. The van der Waals surface area contributed by atoms with Gasteiger partial charge in [0.2, 0.25) is 0 Å². The number of rotatable bonds is 6. The summed E-state index contributed by atoms with van der Waals surface area (Å²) >= 11 is 0. The van der Waals surface area contributed by atoms with Gasteiger partial charge < -0.3 is 4.74 Å². The molecule has 0 bridgehead atoms. The van der Waals surface area contributed by atoms with Crippen molar-refractivity contribution in [1.29, 1.82) is 0 Å². The highest BCUT2D eigenvalue weighted by Crippen LogP contribution is 2.06. The maximum atomic E-state index is 11.3. The van der Waals surface area contributed by atoms with Gasteiger partial charge >= 0.3 is 5.97 Å². The van der Waals surface area contributed by atoms with Gasteiger partial charge in [0.1, 0.15) is 6.10 Å². The standard InChI is InChI=1S/C12H22O2/c1-5-6-7-8-11(4)14-12(13)9-10(2)3/h6-7,10-11H,5,8-9H2,1-4H3/b7-6-. The number of carbonyl (C=O) groups excluding carboxylic acids is 1. The predicted molar refractivity (Wildman–Crippen MR) is 59.1 cm³/mol. The van der Waals surface area contributed by atoms with E-state index in [2.05, 4.69) is 19.1 Å². The van der Waals surface area contributed by atoms with Gasteiger partial charge in [-0.15, -0.1) is 0 Å². The third kappa shape index (κ3) is 7.84. The fraction of sp³-hybridized carbons (Fsp3) is 0.750. The molecular formula is C12H22O2. The van der Waals surface area contributed by atoms with Gasteiger partial charge in [-0.25, -0.2) is 0 Å². The van der Waals surface area contributed by atoms with Crippen molar-refractivity contribution in [2.24, 2.45) is 5.92 Å². The Labute approximate surface area is 87.3 Å². The highest BCUT2D eigenvalue weighted by molar-refractivity contribution is 5.69. The minimum atomic E-state index is -0.0857. The lowest BCUT2D eigenvalue weighted by Gasteiger charge is -2.12. The van der Waals surface area contributed by atoms with Crippen LogP contribution in [0.3, 0.4) is 0 Å². The van der Waals surface area contributed by atoms with E-state index in [0.717, 1.165) is 12.8 Å². The lowest BCUT2D eigenvalue weighted by atomic mass is 10.1. The van der Waals surface area contributed by atoms with Gasteiger partial charge in [-0.1, -0.05) is 32.9 Å². The van der Waals surface area contributed by atoms with Gasteiger partial charge in [0.05, 0.1) is 0 Å². The summed E-state index contributed by atoms with van der Waals surface area (Å²) in [6.07, 6.45) is 6.52. The number of allylic oxidation sites excluding steroid dienone is 1. The number of ether oxygens (including phenoxy) is 1. The Balaban J connectivity index is 3.65. The Morgan fingerprint density at radius 3 is 2.43 bits per heavy atom. The highest BCUT2D eigenvalue weighted by atomic mass is 16.5. The van der Waals surface area contributed by atoms with Gasteiger partial charge in [0.25, 0.3) is 0 Å². The molecule has 2 heteroatoms. The van der Waals surface area contributed by atoms with Crippen LogP contribution in [0.4, 0.5) is 0 Å². The van der Waals surface area contributed by atoms with Crippen molar-refractivity contribution >= 4 is 5.97 Å². The van der Waals surface area contributed by atoms with E-state index >= 15 is 0 Å². The summed E-state index contributed by atoms with van der Waals surface area (Å²) in [5.74, 6) is 0.290. The molecule has 0 aromatic carbocycles. The lowest BCUT2D eigenvalue weighted by Crippen LogP contribution is -2.15. The summed E-state index contributed by atoms with van der Waals surface area (Å²) in [5.41, 5.74) is 0. The first-order valence-corrected chi connectivity index (χ1v) is 5.40. The molecule has 0 amide bonds. The zero-order chi connectivity index (χ0) is 11.0. The van der Waals surface area contributed by atoms with Crippen LogP contribution in [0.15, 0.2) is 12.2 Å². The van der Waals surface area contributed by atoms with Crippen molar-refractivity contribution < 1.29 is 9.53 Å². The van der Waals surface area contributed by atoms with E-state index in [1.807, 2.05) is 20.8 Å². The fourth-order valence-corrected chi connectivity index (χ4v) is 1.11. The van der Waals surface area contributed by atoms with E-state index in [4.69, 9.17) is 4.74 Å². The van der Waals surface area contributed by atoms with Crippen LogP contribution in [0.25, 0.3) is 0 Å². The van der Waals surface area contributed by atoms with Crippen molar-refractivity contribution in [1.82, 2.24) is 0 Å². The number of esters is 1. The first kappa shape index (κ1) is 13.2. The first-order valence-electron chi connectivity index (χ1n) is 5.40. The Morgan fingerprint density at radius 2 is 1.93 bits per heavy atom. The van der Waals surface area contributed by atoms with E-state index in [0.29, 0.717) is 12.3 Å². The van der Waals surface area contributed by atoms with Crippen LogP contribution in [0.1, 0.15) is 47.0 Å². The van der Waals surface area contributed by atoms with E-state index in [1.54, 1.807) is 0 Å². The molecule has 0 rings (SSSR count). The Kier molecular flexibility index (Phi) is 7.17. The smallest absolute Gasteiger partial charge is 0.306 e. The second kappa shape index (κ2) is 7.60. The third-order valence-corrected chi connectivity index (χ3v) is 1.78. The average Bonchev–Trinajstić information content (AvgIpc) is 2.02. The molecule has 0 spiro atoms. The molecule has 0 aliphatic carbocycles. The van der Waals surface area contributed by atoms with Crippen LogP contribution in [0, 0.1) is 5.92 Å². The Bertz CT molecular complexity index is 183. The van der Waals surface area contributed by atoms with Crippen molar-refractivity contribution in [3.63, 3.8) is 0 Å². The summed E-state index contributed by atoms with van der Waals surface area (Å²) in [7, 11) is 0. The SMILES string of the molecule is CC/C=C\CC(C)OC(=O)CC(C)C. The maximum absolute atomic E-state index is 11.3. The highest BCUT2D eigenvalue weighted by Gasteiger charge is 2.09. The van der Waals surface area contributed by atoms with Gasteiger partial charge in [0, 0.05) is 12.8 Å². The summed E-state index contributed by atoms with van der Waals surface area (Å²) in [6, 6.07) is 0. The molecule has 0 aromatic rings. The number of carbonyl (C=O) groups is 1. The molecule has 82 valence electrons. The van der Waals surface area contributed by atoms with Crippen molar-refractivity contribution in [3.05, 3.63) is 12.2 Å². The van der Waals surface area contributed by atoms with Crippen molar-refractivity contribution in [2.45, 2.75) is 53.1 Å². The van der Waals surface area contributed by atoms with Crippen LogP contribution in [0.2, 0.25) is 0 Å². The molecule has 14 heavy (non-hydrogen) atoms. The molecule has 1 unspecified atom stereocenters. The van der Waals surface area contributed by atoms with Gasteiger partial charge in [-0.3, -0.25) is 4.79 Å². The Morgan fingerprint density at radius 1 is 1.29 bits per heavy atom. The molecule has 2 nitrogen and oxygen atoms in total. The maximum Gasteiger partial charge on any atom is 0.306 e. The third-order valence-electron chi connectivity index (χ3n) is 1.78. The van der Waals surface area contributed by atoms with Crippen molar-refractivity contribution in [2.75, 3.05) is 0 Å². The van der Waals surface area contributed by atoms with Gasteiger partial charge in [-0.05, 0) is 19.3 Å². The number of hydrogen-bond acceptors (Lipinski definition) is 2. The summed E-state index contributed by atoms with van der Waals surface area (Å²) in [6.45, 7) is 8.05. The Hall–Kier alpha value is -0.790. The zero-order valence-corrected chi connectivity index (χ0v) is 9.75. The van der Waals surface area contributed by atoms with Crippen LogP contribution in [-0.2, 0) is 9.53 Å². The van der Waals surface area contributed by atoms with Crippen molar-refractivity contribution in [3.8, 4) is 0 Å². The largest absolute Gasteiger partial charge is 0.462 e. The van der Waals surface area contributed by atoms with E-state index < -0.39 is 0 Å². The molecule has 0 radical (unpaired) electrons. The summed E-state index contributed by atoms with van der Waals surface area (Å²) in [4.78, 5) is 11.3. The quantitative estimate of drug-likeness (QED) is 0.483.